The molecule has 11 heteroatoms. The van der Waals surface area contributed by atoms with Crippen LogP contribution in [0.4, 0.5) is 24.8 Å². The number of nitrogens with zero attached hydrogens (tertiary/aromatic N) is 3. The molecule has 0 spiro atoms. The summed E-state index contributed by atoms with van der Waals surface area (Å²) in [5, 5.41) is 3.04. The van der Waals surface area contributed by atoms with Crippen LogP contribution < -0.4 is 5.32 Å². The number of aromatic nitrogens is 2. The summed E-state index contributed by atoms with van der Waals surface area (Å²) in [5.41, 5.74) is 0.812. The van der Waals surface area contributed by atoms with Crippen LogP contribution in [-0.4, -0.2) is 36.8 Å². The van der Waals surface area contributed by atoms with Crippen molar-refractivity contribution in [2.75, 3.05) is 11.6 Å². The van der Waals surface area contributed by atoms with Crippen molar-refractivity contribution in [3.8, 4) is 0 Å². The lowest BCUT2D eigenvalue weighted by Gasteiger charge is -2.16. The van der Waals surface area contributed by atoms with Gasteiger partial charge in [0.05, 0.1) is 28.0 Å². The van der Waals surface area contributed by atoms with Crippen molar-refractivity contribution < 1.29 is 26.4 Å². The number of fused-ring (bicyclic) bond motifs is 1. The molecule has 0 unspecified atom stereocenters. The highest BCUT2D eigenvalue weighted by Crippen LogP contribution is 2.34. The summed E-state index contributed by atoms with van der Waals surface area (Å²) in [5.74, 6) is -0.352. The maximum absolute atomic E-state index is 13.6. The van der Waals surface area contributed by atoms with Crippen molar-refractivity contribution in [3.05, 3.63) is 83.4 Å². The van der Waals surface area contributed by atoms with Crippen LogP contribution in [0.5, 0.6) is 0 Å². The van der Waals surface area contributed by atoms with Gasteiger partial charge in [0.25, 0.3) is 5.91 Å². The molecule has 1 amide bonds. The average Bonchev–Trinajstić information content (AvgIpc) is 3.14. The van der Waals surface area contributed by atoms with Gasteiger partial charge in [0.15, 0.2) is 9.84 Å². The second kappa shape index (κ2) is 8.99. The smallest absolute Gasteiger partial charge is 0.326 e. The standard InChI is InChI=1S/C24H19F3N4O3S/c1-28-22(32)15-7-12-21-20(13-15)30-23(29-17-8-10-18(11-9-17)35(2,33)34)31(21)14-16-5-3-4-6-19(16)24(25,26)27/h3-13H,1,14H2,2H3,(H,29,30). The van der Waals surface area contributed by atoms with E-state index in [4.69, 9.17) is 0 Å². The van der Waals surface area contributed by atoms with Crippen LogP contribution in [0.15, 0.2) is 76.6 Å². The number of rotatable bonds is 6. The van der Waals surface area contributed by atoms with E-state index in [0.29, 0.717) is 16.7 Å². The summed E-state index contributed by atoms with van der Waals surface area (Å²) in [7, 11) is -3.40. The quantitative estimate of drug-likeness (QED) is 0.372. The van der Waals surface area contributed by atoms with E-state index in [-0.39, 0.29) is 28.5 Å². The second-order valence-electron chi connectivity index (χ2n) is 7.76. The number of hydrogen-bond donors (Lipinski definition) is 1. The molecule has 4 aromatic rings. The zero-order valence-electron chi connectivity index (χ0n) is 18.4. The topological polar surface area (TPSA) is 93.4 Å². The van der Waals surface area contributed by atoms with Crippen LogP contribution in [0.3, 0.4) is 0 Å². The predicted octanol–water partition coefficient (Wildman–Crippen LogP) is 5.09. The Morgan fingerprint density at radius 1 is 1.09 bits per heavy atom. The fraction of sp³-hybridized carbons (Fsp3) is 0.125. The van der Waals surface area contributed by atoms with Crippen LogP contribution in [0.2, 0.25) is 0 Å². The zero-order valence-corrected chi connectivity index (χ0v) is 19.2. The highest BCUT2D eigenvalue weighted by molar-refractivity contribution is 7.90. The summed E-state index contributed by atoms with van der Waals surface area (Å²) >= 11 is 0. The zero-order chi connectivity index (χ0) is 25.4. The number of imidazole rings is 1. The molecule has 0 aliphatic rings. The van der Waals surface area contributed by atoms with E-state index in [1.165, 1.54) is 54.6 Å². The number of carbonyl (C=O) groups is 1. The molecule has 0 aliphatic heterocycles. The highest BCUT2D eigenvalue weighted by Gasteiger charge is 2.33. The van der Waals surface area contributed by atoms with Crippen molar-refractivity contribution in [2.24, 2.45) is 4.99 Å². The molecule has 1 heterocycles. The van der Waals surface area contributed by atoms with Gasteiger partial charge in [-0.15, -0.1) is 0 Å². The Bertz CT molecular complexity index is 1540. The molecule has 1 aromatic heterocycles. The van der Waals surface area contributed by atoms with Gasteiger partial charge in [0.2, 0.25) is 5.95 Å². The molecule has 0 aliphatic carbocycles. The first-order valence-corrected chi connectivity index (χ1v) is 12.1. The van der Waals surface area contributed by atoms with E-state index in [1.54, 1.807) is 10.6 Å². The molecule has 7 nitrogen and oxygen atoms in total. The number of benzene rings is 3. The van der Waals surface area contributed by atoms with Crippen molar-refractivity contribution in [2.45, 2.75) is 17.6 Å². The first-order chi connectivity index (χ1) is 16.5. The number of nitrogens with one attached hydrogen (secondary N) is 1. The van der Waals surface area contributed by atoms with Gasteiger partial charge >= 0.3 is 6.18 Å². The SMILES string of the molecule is C=NC(=O)c1ccc2c(c1)nc(Nc1ccc(S(C)(=O)=O)cc1)n2Cc1ccccc1C(F)(F)F. The number of carbonyl (C=O) groups excluding carboxylic acids is 1. The minimum atomic E-state index is -4.54. The highest BCUT2D eigenvalue weighted by atomic mass is 32.2. The van der Waals surface area contributed by atoms with Crippen LogP contribution in [0, 0.1) is 0 Å². The van der Waals surface area contributed by atoms with Crippen LogP contribution >= 0.6 is 0 Å². The minimum Gasteiger partial charge on any atom is -0.326 e. The van der Waals surface area contributed by atoms with Crippen LogP contribution in [0.25, 0.3) is 11.0 Å². The molecule has 3 aromatic carbocycles. The summed E-state index contributed by atoms with van der Waals surface area (Å²) in [6.07, 6.45) is -3.46. The Balaban J connectivity index is 1.82. The molecular formula is C24H19F3N4O3S. The largest absolute Gasteiger partial charge is 0.416 e. The summed E-state index contributed by atoms with van der Waals surface area (Å²) in [6, 6.07) is 15.7. The van der Waals surface area contributed by atoms with Crippen molar-refractivity contribution >= 4 is 45.1 Å². The van der Waals surface area contributed by atoms with E-state index >= 15 is 0 Å². The second-order valence-corrected chi connectivity index (χ2v) is 9.78. The van der Waals surface area contributed by atoms with Gasteiger partial charge in [-0.05, 0) is 60.8 Å². The van der Waals surface area contributed by atoms with E-state index < -0.39 is 27.5 Å². The van der Waals surface area contributed by atoms with Crippen molar-refractivity contribution in [1.82, 2.24) is 9.55 Å². The lowest BCUT2D eigenvalue weighted by atomic mass is 10.1. The molecule has 1 N–H and O–H groups in total. The molecular weight excluding hydrogens is 481 g/mol. The monoisotopic (exact) mass is 500 g/mol. The van der Waals surface area contributed by atoms with Gasteiger partial charge in [-0.3, -0.25) is 4.79 Å². The van der Waals surface area contributed by atoms with Gasteiger partial charge in [0, 0.05) is 17.5 Å². The van der Waals surface area contributed by atoms with E-state index in [2.05, 4.69) is 22.0 Å². The maximum Gasteiger partial charge on any atom is 0.416 e. The lowest BCUT2D eigenvalue weighted by Crippen LogP contribution is -2.13. The number of hydrogen-bond acceptors (Lipinski definition) is 5. The Labute approximate surface area is 198 Å². The summed E-state index contributed by atoms with van der Waals surface area (Å²) in [4.78, 5) is 19.9. The first kappa shape index (κ1) is 24.1. The fourth-order valence-corrected chi connectivity index (χ4v) is 4.26. The van der Waals surface area contributed by atoms with Crippen LogP contribution in [-0.2, 0) is 22.6 Å². The fourth-order valence-electron chi connectivity index (χ4n) is 3.63. The van der Waals surface area contributed by atoms with Gasteiger partial charge in [-0.25, -0.2) is 18.4 Å². The van der Waals surface area contributed by atoms with Gasteiger partial charge in [0.1, 0.15) is 0 Å². The lowest BCUT2D eigenvalue weighted by molar-refractivity contribution is -0.138. The number of alkyl halides is 3. The number of amides is 1. The predicted molar refractivity (Wildman–Crippen MR) is 127 cm³/mol. The third-order valence-electron chi connectivity index (χ3n) is 5.33. The molecule has 0 atom stereocenters. The molecule has 0 bridgehead atoms. The van der Waals surface area contributed by atoms with Gasteiger partial charge < -0.3 is 9.88 Å². The Morgan fingerprint density at radius 2 is 1.77 bits per heavy atom. The third-order valence-corrected chi connectivity index (χ3v) is 6.46. The average molecular weight is 501 g/mol. The molecule has 35 heavy (non-hydrogen) atoms. The van der Waals surface area contributed by atoms with Crippen molar-refractivity contribution in [1.29, 1.82) is 0 Å². The minimum absolute atomic E-state index is 0.0303. The summed E-state index contributed by atoms with van der Waals surface area (Å²) < 4.78 is 65.9. The number of halogens is 3. The normalized spacial score (nSPS) is 12.0. The van der Waals surface area contributed by atoms with Gasteiger partial charge in [-0.2, -0.15) is 13.2 Å². The Hall–Kier alpha value is -3.99. The molecule has 0 fully saturated rings. The number of aliphatic imine (C=N–C) groups is 1. The Morgan fingerprint density at radius 3 is 2.40 bits per heavy atom. The third kappa shape index (κ3) is 5.09. The molecule has 4 rings (SSSR count). The maximum atomic E-state index is 13.6. The van der Waals surface area contributed by atoms with E-state index in [9.17, 15) is 26.4 Å². The summed E-state index contributed by atoms with van der Waals surface area (Å²) in [6.45, 7) is 3.06. The van der Waals surface area contributed by atoms with E-state index in [1.807, 2.05) is 0 Å². The first-order valence-electron chi connectivity index (χ1n) is 10.2. The molecule has 0 saturated heterocycles. The van der Waals surface area contributed by atoms with Gasteiger partial charge in [-0.1, -0.05) is 18.2 Å². The number of sulfone groups is 1. The van der Waals surface area contributed by atoms with Crippen molar-refractivity contribution in [3.63, 3.8) is 0 Å². The molecule has 180 valence electrons. The Kier molecular flexibility index (Phi) is 6.20. The number of anilines is 2. The molecule has 0 radical (unpaired) electrons. The molecule has 0 saturated carbocycles. The van der Waals surface area contributed by atoms with Crippen LogP contribution in [0.1, 0.15) is 21.5 Å². The van der Waals surface area contributed by atoms with E-state index in [0.717, 1.165) is 12.3 Å².